The first-order valence-electron chi connectivity index (χ1n) is 4.83. The number of halogens is 2. The van der Waals surface area contributed by atoms with E-state index in [0.29, 0.717) is 6.42 Å². The van der Waals surface area contributed by atoms with Gasteiger partial charge in [-0.2, -0.15) is 0 Å². The summed E-state index contributed by atoms with van der Waals surface area (Å²) in [6.45, 7) is 1.74. The SMILES string of the molecule is CCC(SCc1cc(F)ccc1F)C(=O)O. The first-order valence-corrected chi connectivity index (χ1v) is 5.87. The number of thioether (sulfide) groups is 1. The van der Waals surface area contributed by atoms with Gasteiger partial charge in [-0.25, -0.2) is 8.78 Å². The number of benzene rings is 1. The average Bonchev–Trinajstić information content (AvgIpc) is 2.23. The van der Waals surface area contributed by atoms with Crippen molar-refractivity contribution < 1.29 is 18.7 Å². The summed E-state index contributed by atoms with van der Waals surface area (Å²) in [7, 11) is 0. The highest BCUT2D eigenvalue weighted by atomic mass is 32.2. The fourth-order valence-corrected chi connectivity index (χ4v) is 2.19. The van der Waals surface area contributed by atoms with Crippen molar-refractivity contribution in [2.75, 3.05) is 0 Å². The molecule has 16 heavy (non-hydrogen) atoms. The summed E-state index contributed by atoms with van der Waals surface area (Å²) in [4.78, 5) is 10.7. The van der Waals surface area contributed by atoms with Crippen molar-refractivity contribution >= 4 is 17.7 Å². The van der Waals surface area contributed by atoms with Crippen LogP contribution in [-0.4, -0.2) is 16.3 Å². The Balaban J connectivity index is 2.66. The summed E-state index contributed by atoms with van der Waals surface area (Å²) in [5, 5.41) is 8.21. The zero-order valence-electron chi connectivity index (χ0n) is 8.74. The standard InChI is InChI=1S/C11H12F2O2S/c1-2-10(11(14)15)16-6-7-5-8(12)3-4-9(7)13/h3-5,10H,2,6H2,1H3,(H,14,15). The Morgan fingerprint density at radius 1 is 1.50 bits per heavy atom. The number of carboxylic acids is 1. The first-order chi connectivity index (χ1) is 7.54. The lowest BCUT2D eigenvalue weighted by atomic mass is 10.2. The van der Waals surface area contributed by atoms with Crippen LogP contribution >= 0.6 is 11.8 Å². The Hall–Kier alpha value is -1.10. The van der Waals surface area contributed by atoms with Crippen LogP contribution in [-0.2, 0) is 10.5 Å². The lowest BCUT2D eigenvalue weighted by Gasteiger charge is -2.09. The second kappa shape index (κ2) is 5.84. The average molecular weight is 246 g/mol. The fraction of sp³-hybridized carbons (Fsp3) is 0.364. The van der Waals surface area contributed by atoms with E-state index >= 15 is 0 Å². The van der Waals surface area contributed by atoms with Crippen molar-refractivity contribution in [2.45, 2.75) is 24.3 Å². The molecule has 1 N–H and O–H groups in total. The molecule has 0 aromatic heterocycles. The molecule has 1 atom stereocenters. The molecular weight excluding hydrogens is 234 g/mol. The van der Waals surface area contributed by atoms with E-state index in [1.165, 1.54) is 0 Å². The number of carboxylic acid groups (broad SMARTS) is 1. The number of hydrogen-bond donors (Lipinski definition) is 1. The lowest BCUT2D eigenvalue weighted by molar-refractivity contribution is -0.136. The van der Waals surface area contributed by atoms with Gasteiger partial charge < -0.3 is 5.11 Å². The van der Waals surface area contributed by atoms with Gasteiger partial charge in [0.2, 0.25) is 0 Å². The minimum absolute atomic E-state index is 0.161. The largest absolute Gasteiger partial charge is 0.480 e. The molecule has 0 saturated heterocycles. The van der Waals surface area contributed by atoms with Gasteiger partial charge in [-0.3, -0.25) is 4.79 Å². The highest BCUT2D eigenvalue weighted by molar-refractivity contribution is 7.99. The minimum atomic E-state index is -0.927. The molecule has 0 bridgehead atoms. The Kier molecular flexibility index (Phi) is 4.73. The maximum Gasteiger partial charge on any atom is 0.316 e. The van der Waals surface area contributed by atoms with Crippen LogP contribution in [0.2, 0.25) is 0 Å². The van der Waals surface area contributed by atoms with Gasteiger partial charge in [-0.1, -0.05) is 6.92 Å². The zero-order valence-corrected chi connectivity index (χ0v) is 9.56. The Labute approximate surface area is 96.7 Å². The van der Waals surface area contributed by atoms with Crippen LogP contribution in [0.25, 0.3) is 0 Å². The molecule has 1 unspecified atom stereocenters. The summed E-state index contributed by atoms with van der Waals surface area (Å²) in [5.41, 5.74) is 0.199. The monoisotopic (exact) mass is 246 g/mol. The van der Waals surface area contributed by atoms with Gasteiger partial charge in [0.15, 0.2) is 0 Å². The summed E-state index contributed by atoms with van der Waals surface area (Å²) in [6.07, 6.45) is 0.455. The predicted octanol–water partition coefficient (Wildman–Crippen LogP) is 3.06. The quantitative estimate of drug-likeness (QED) is 0.867. The first kappa shape index (κ1) is 13.0. The summed E-state index contributed by atoms with van der Waals surface area (Å²) < 4.78 is 26.0. The van der Waals surface area contributed by atoms with Crippen molar-refractivity contribution in [3.63, 3.8) is 0 Å². The predicted molar refractivity (Wildman–Crippen MR) is 59.4 cm³/mol. The minimum Gasteiger partial charge on any atom is -0.480 e. The van der Waals surface area contributed by atoms with E-state index < -0.39 is 22.9 Å². The number of hydrogen-bond acceptors (Lipinski definition) is 2. The molecule has 5 heteroatoms. The molecule has 0 radical (unpaired) electrons. The smallest absolute Gasteiger partial charge is 0.316 e. The van der Waals surface area contributed by atoms with Gasteiger partial charge in [0.1, 0.15) is 16.9 Å². The van der Waals surface area contributed by atoms with Gasteiger partial charge in [0.25, 0.3) is 0 Å². The van der Waals surface area contributed by atoms with Crippen molar-refractivity contribution in [3.8, 4) is 0 Å². The van der Waals surface area contributed by atoms with Crippen molar-refractivity contribution in [3.05, 3.63) is 35.4 Å². The lowest BCUT2D eigenvalue weighted by Crippen LogP contribution is -2.15. The van der Waals surface area contributed by atoms with Crippen LogP contribution < -0.4 is 0 Å². The molecular formula is C11H12F2O2S. The van der Waals surface area contributed by atoms with E-state index in [1.54, 1.807) is 6.92 Å². The molecule has 0 heterocycles. The van der Waals surface area contributed by atoms with Crippen LogP contribution in [0, 0.1) is 11.6 Å². The Bertz CT molecular complexity index is 382. The topological polar surface area (TPSA) is 37.3 Å². The third kappa shape index (κ3) is 3.48. The fourth-order valence-electron chi connectivity index (χ4n) is 1.21. The van der Waals surface area contributed by atoms with E-state index in [0.717, 1.165) is 30.0 Å². The molecule has 88 valence electrons. The Morgan fingerprint density at radius 3 is 2.75 bits per heavy atom. The van der Waals surface area contributed by atoms with Crippen LogP contribution in [0.4, 0.5) is 8.78 Å². The highest BCUT2D eigenvalue weighted by Gasteiger charge is 2.16. The van der Waals surface area contributed by atoms with E-state index in [1.807, 2.05) is 0 Å². The van der Waals surface area contributed by atoms with Gasteiger partial charge in [0.05, 0.1) is 0 Å². The van der Waals surface area contributed by atoms with Crippen LogP contribution in [0.5, 0.6) is 0 Å². The second-order valence-electron chi connectivity index (χ2n) is 3.28. The van der Waals surface area contributed by atoms with Crippen molar-refractivity contribution in [2.24, 2.45) is 0 Å². The third-order valence-corrected chi connectivity index (χ3v) is 3.51. The van der Waals surface area contributed by atoms with Gasteiger partial charge >= 0.3 is 5.97 Å². The normalized spacial score (nSPS) is 12.4. The molecule has 0 aliphatic rings. The van der Waals surface area contributed by atoms with Gasteiger partial charge in [-0.05, 0) is 24.6 Å². The second-order valence-corrected chi connectivity index (χ2v) is 4.47. The van der Waals surface area contributed by atoms with Crippen LogP contribution in [0.15, 0.2) is 18.2 Å². The van der Waals surface area contributed by atoms with Crippen molar-refractivity contribution in [1.82, 2.24) is 0 Å². The van der Waals surface area contributed by atoms with E-state index in [-0.39, 0.29) is 11.3 Å². The van der Waals surface area contributed by atoms with Crippen molar-refractivity contribution in [1.29, 1.82) is 0 Å². The van der Waals surface area contributed by atoms with E-state index in [4.69, 9.17) is 5.11 Å². The van der Waals surface area contributed by atoms with Crippen LogP contribution in [0.3, 0.4) is 0 Å². The summed E-state index contributed by atoms with van der Waals surface area (Å²) in [5.74, 6) is -1.78. The molecule has 0 fully saturated rings. The Morgan fingerprint density at radius 2 is 2.19 bits per heavy atom. The van der Waals surface area contributed by atoms with E-state index in [9.17, 15) is 13.6 Å². The molecule has 1 aromatic carbocycles. The number of aliphatic carboxylic acids is 1. The van der Waals surface area contributed by atoms with E-state index in [2.05, 4.69) is 0 Å². The maximum absolute atomic E-state index is 13.2. The molecule has 2 nitrogen and oxygen atoms in total. The number of carbonyl (C=O) groups is 1. The third-order valence-electron chi connectivity index (χ3n) is 2.09. The van der Waals surface area contributed by atoms with Gasteiger partial charge in [-0.15, -0.1) is 11.8 Å². The zero-order chi connectivity index (χ0) is 12.1. The molecule has 0 spiro atoms. The maximum atomic E-state index is 13.2. The molecule has 0 aliphatic carbocycles. The molecule has 0 aliphatic heterocycles. The molecule has 1 aromatic rings. The molecule has 0 saturated carbocycles. The summed E-state index contributed by atoms with van der Waals surface area (Å²) >= 11 is 1.10. The molecule has 1 rings (SSSR count). The van der Waals surface area contributed by atoms with Gasteiger partial charge in [0, 0.05) is 11.3 Å². The number of rotatable bonds is 5. The summed E-state index contributed by atoms with van der Waals surface area (Å²) in [6, 6.07) is 3.18. The molecule has 0 amide bonds. The highest BCUT2D eigenvalue weighted by Crippen LogP contribution is 2.22. The van der Waals surface area contributed by atoms with Crippen LogP contribution in [0.1, 0.15) is 18.9 Å².